The molecule has 1 aromatic carbocycles. The lowest BCUT2D eigenvalue weighted by Gasteiger charge is -2.36. The summed E-state index contributed by atoms with van der Waals surface area (Å²) in [6, 6.07) is 8.92. The summed E-state index contributed by atoms with van der Waals surface area (Å²) < 4.78 is 30.0. The molecule has 1 aromatic rings. The third kappa shape index (κ3) is 3.78. The van der Waals surface area contributed by atoms with Crippen LogP contribution in [0.4, 0.5) is 0 Å². The Labute approximate surface area is 115 Å². The molecule has 1 aliphatic rings. The number of sulfone groups is 1. The van der Waals surface area contributed by atoms with Gasteiger partial charge in [0.1, 0.15) is 0 Å². The van der Waals surface area contributed by atoms with Gasteiger partial charge in [-0.1, -0.05) is 18.2 Å². The standard InChI is InChI=1S/C14H21NO3S/c1-12-11-18-13(2)10-15(12)8-9-19(16,17)14-6-4-3-5-7-14/h3-7,12-13H,8-11H2,1-2H3/t12-,13+/m0/s1. The second-order valence-electron chi connectivity index (χ2n) is 5.12. The van der Waals surface area contributed by atoms with E-state index < -0.39 is 9.84 Å². The van der Waals surface area contributed by atoms with Gasteiger partial charge in [-0.05, 0) is 26.0 Å². The Morgan fingerprint density at radius 3 is 2.63 bits per heavy atom. The van der Waals surface area contributed by atoms with E-state index in [2.05, 4.69) is 11.8 Å². The topological polar surface area (TPSA) is 46.6 Å². The van der Waals surface area contributed by atoms with Gasteiger partial charge >= 0.3 is 0 Å². The van der Waals surface area contributed by atoms with Crippen molar-refractivity contribution in [3.05, 3.63) is 30.3 Å². The lowest BCUT2D eigenvalue weighted by atomic mass is 10.2. The van der Waals surface area contributed by atoms with E-state index in [1.54, 1.807) is 24.3 Å². The van der Waals surface area contributed by atoms with Crippen LogP contribution >= 0.6 is 0 Å². The predicted octanol–water partition coefficient (Wildman–Crippen LogP) is 1.57. The Kier molecular flexibility index (Phi) is 4.60. The Morgan fingerprint density at radius 1 is 1.26 bits per heavy atom. The van der Waals surface area contributed by atoms with Gasteiger partial charge in [0, 0.05) is 19.1 Å². The molecule has 1 heterocycles. The number of ether oxygens (including phenoxy) is 1. The van der Waals surface area contributed by atoms with Crippen LogP contribution in [0, 0.1) is 0 Å². The number of hydrogen-bond donors (Lipinski definition) is 0. The molecular formula is C14H21NO3S. The summed E-state index contributed by atoms with van der Waals surface area (Å²) >= 11 is 0. The average molecular weight is 283 g/mol. The van der Waals surface area contributed by atoms with Crippen molar-refractivity contribution in [3.63, 3.8) is 0 Å². The summed E-state index contributed by atoms with van der Waals surface area (Å²) in [6.45, 7) is 6.12. The fraction of sp³-hybridized carbons (Fsp3) is 0.571. The van der Waals surface area contributed by atoms with Crippen LogP contribution in [0.2, 0.25) is 0 Å². The van der Waals surface area contributed by atoms with E-state index in [0.717, 1.165) is 6.54 Å². The van der Waals surface area contributed by atoms with Crippen LogP contribution in [0.15, 0.2) is 35.2 Å². The van der Waals surface area contributed by atoms with Crippen molar-refractivity contribution in [2.75, 3.05) is 25.4 Å². The zero-order valence-corrected chi connectivity index (χ0v) is 12.3. The number of rotatable bonds is 4. The van der Waals surface area contributed by atoms with E-state index >= 15 is 0 Å². The molecule has 4 nitrogen and oxygen atoms in total. The van der Waals surface area contributed by atoms with E-state index in [1.807, 2.05) is 13.0 Å². The average Bonchev–Trinajstić information content (AvgIpc) is 2.41. The minimum absolute atomic E-state index is 0.161. The lowest BCUT2D eigenvalue weighted by molar-refractivity contribution is -0.0469. The molecule has 1 fully saturated rings. The second-order valence-corrected chi connectivity index (χ2v) is 7.23. The molecule has 0 spiro atoms. The molecule has 0 saturated carbocycles. The molecule has 19 heavy (non-hydrogen) atoms. The van der Waals surface area contributed by atoms with Crippen molar-refractivity contribution >= 4 is 9.84 Å². The molecule has 1 saturated heterocycles. The first-order valence-corrected chi connectivity index (χ1v) is 8.28. The SMILES string of the molecule is C[C@@H]1CN(CCS(=O)(=O)c2ccccc2)[C@@H](C)CO1. The largest absolute Gasteiger partial charge is 0.376 e. The van der Waals surface area contributed by atoms with Crippen molar-refractivity contribution < 1.29 is 13.2 Å². The summed E-state index contributed by atoms with van der Waals surface area (Å²) in [4.78, 5) is 2.60. The monoisotopic (exact) mass is 283 g/mol. The van der Waals surface area contributed by atoms with E-state index in [4.69, 9.17) is 4.74 Å². The van der Waals surface area contributed by atoms with Crippen molar-refractivity contribution in [1.82, 2.24) is 4.90 Å². The van der Waals surface area contributed by atoms with Crippen LogP contribution in [0.1, 0.15) is 13.8 Å². The predicted molar refractivity (Wildman–Crippen MR) is 74.9 cm³/mol. The Balaban J connectivity index is 1.98. The molecule has 1 aliphatic heterocycles. The Morgan fingerprint density at radius 2 is 1.95 bits per heavy atom. The van der Waals surface area contributed by atoms with Crippen molar-refractivity contribution in [2.24, 2.45) is 0 Å². The summed E-state index contributed by atoms with van der Waals surface area (Å²) in [5.74, 6) is 0.161. The molecule has 0 amide bonds. The van der Waals surface area contributed by atoms with Crippen LogP contribution in [0.3, 0.4) is 0 Å². The zero-order chi connectivity index (χ0) is 13.9. The highest BCUT2D eigenvalue weighted by Gasteiger charge is 2.25. The number of hydrogen-bond acceptors (Lipinski definition) is 4. The smallest absolute Gasteiger partial charge is 0.179 e. The van der Waals surface area contributed by atoms with Crippen LogP contribution in [-0.2, 0) is 14.6 Å². The molecule has 5 heteroatoms. The minimum atomic E-state index is -3.18. The van der Waals surface area contributed by atoms with Gasteiger partial charge < -0.3 is 4.74 Å². The second kappa shape index (κ2) is 6.03. The fourth-order valence-corrected chi connectivity index (χ4v) is 3.55. The molecule has 2 atom stereocenters. The zero-order valence-electron chi connectivity index (χ0n) is 11.5. The van der Waals surface area contributed by atoms with Gasteiger partial charge in [-0.15, -0.1) is 0 Å². The fourth-order valence-electron chi connectivity index (χ4n) is 2.27. The number of morpholine rings is 1. The third-order valence-electron chi connectivity index (χ3n) is 3.49. The molecule has 0 aliphatic carbocycles. The highest BCUT2D eigenvalue weighted by molar-refractivity contribution is 7.91. The maximum Gasteiger partial charge on any atom is 0.179 e. The summed E-state index contributed by atoms with van der Waals surface area (Å²) in [5.41, 5.74) is 0. The molecule has 0 unspecified atom stereocenters. The normalized spacial score (nSPS) is 25.4. The van der Waals surface area contributed by atoms with E-state index in [-0.39, 0.29) is 17.9 Å². The van der Waals surface area contributed by atoms with Gasteiger partial charge in [-0.2, -0.15) is 0 Å². The first kappa shape index (κ1) is 14.5. The molecule has 0 radical (unpaired) electrons. The van der Waals surface area contributed by atoms with E-state index in [1.165, 1.54) is 0 Å². The summed E-state index contributed by atoms with van der Waals surface area (Å²) in [7, 11) is -3.18. The lowest BCUT2D eigenvalue weighted by Crippen LogP contribution is -2.48. The van der Waals surface area contributed by atoms with Crippen molar-refractivity contribution in [2.45, 2.75) is 30.9 Å². The number of nitrogens with zero attached hydrogens (tertiary/aromatic N) is 1. The molecule has 106 valence electrons. The van der Waals surface area contributed by atoms with Gasteiger partial charge in [0.15, 0.2) is 9.84 Å². The van der Waals surface area contributed by atoms with Crippen LogP contribution in [0.25, 0.3) is 0 Å². The first-order chi connectivity index (χ1) is 8.99. The molecule has 2 rings (SSSR count). The van der Waals surface area contributed by atoms with E-state index in [0.29, 0.717) is 18.0 Å². The van der Waals surface area contributed by atoms with Crippen molar-refractivity contribution in [3.8, 4) is 0 Å². The number of benzene rings is 1. The van der Waals surface area contributed by atoms with Gasteiger partial charge in [0.25, 0.3) is 0 Å². The molecule has 0 bridgehead atoms. The highest BCUT2D eigenvalue weighted by atomic mass is 32.2. The summed E-state index contributed by atoms with van der Waals surface area (Å²) in [6.07, 6.45) is 0.177. The van der Waals surface area contributed by atoms with Crippen molar-refractivity contribution in [1.29, 1.82) is 0 Å². The molecular weight excluding hydrogens is 262 g/mol. The Bertz CT molecular complexity index is 501. The van der Waals surface area contributed by atoms with Crippen LogP contribution < -0.4 is 0 Å². The van der Waals surface area contributed by atoms with Crippen LogP contribution in [-0.4, -0.2) is 50.9 Å². The molecule has 0 aromatic heterocycles. The van der Waals surface area contributed by atoms with Gasteiger partial charge in [0.05, 0.1) is 23.4 Å². The molecule has 0 N–H and O–H groups in total. The van der Waals surface area contributed by atoms with Gasteiger partial charge in [-0.25, -0.2) is 8.42 Å². The third-order valence-corrected chi connectivity index (χ3v) is 5.20. The van der Waals surface area contributed by atoms with Gasteiger partial charge in [0.2, 0.25) is 0 Å². The van der Waals surface area contributed by atoms with E-state index in [9.17, 15) is 8.42 Å². The Hall–Kier alpha value is -0.910. The maximum absolute atomic E-state index is 12.2. The van der Waals surface area contributed by atoms with Crippen LogP contribution in [0.5, 0.6) is 0 Å². The quantitative estimate of drug-likeness (QED) is 0.841. The minimum Gasteiger partial charge on any atom is -0.376 e. The summed E-state index contributed by atoms with van der Waals surface area (Å²) in [5, 5.41) is 0. The first-order valence-electron chi connectivity index (χ1n) is 6.62. The maximum atomic E-state index is 12.2. The van der Waals surface area contributed by atoms with Gasteiger partial charge in [-0.3, -0.25) is 4.90 Å². The highest BCUT2D eigenvalue weighted by Crippen LogP contribution is 2.14.